The van der Waals surface area contributed by atoms with Crippen LogP contribution in [0.5, 0.6) is 0 Å². The molecule has 0 aromatic heterocycles. The van der Waals surface area contributed by atoms with Gasteiger partial charge in [0.15, 0.2) is 5.17 Å². The van der Waals surface area contributed by atoms with Crippen molar-refractivity contribution >= 4 is 68.7 Å². The van der Waals surface area contributed by atoms with Crippen molar-refractivity contribution in [3.63, 3.8) is 0 Å². The molecule has 0 fully saturated rings. The van der Waals surface area contributed by atoms with E-state index in [-0.39, 0.29) is 22.8 Å². The van der Waals surface area contributed by atoms with Crippen LogP contribution < -0.4 is 5.32 Å². The van der Waals surface area contributed by atoms with E-state index >= 15 is 0 Å². The normalized spacial score (nSPS) is 14.4. The Hall–Kier alpha value is -0.500. The molecule has 26 heavy (non-hydrogen) atoms. The fourth-order valence-electron chi connectivity index (χ4n) is 2.37. The summed E-state index contributed by atoms with van der Waals surface area (Å²) in [6.07, 6.45) is 0. The number of aliphatic imine (C=N–C) groups is 1. The Labute approximate surface area is 181 Å². The second kappa shape index (κ2) is 10.2. The summed E-state index contributed by atoms with van der Waals surface area (Å²) < 4.78 is 13.8. The highest BCUT2D eigenvalue weighted by molar-refractivity contribution is 8.93. The van der Waals surface area contributed by atoms with Crippen LogP contribution in [0, 0.1) is 5.82 Å². The predicted octanol–water partition coefficient (Wildman–Crippen LogP) is 5.97. The molecule has 1 aliphatic rings. The van der Waals surface area contributed by atoms with Gasteiger partial charge in [-0.05, 0) is 24.3 Å². The van der Waals surface area contributed by atoms with Crippen molar-refractivity contribution in [3.05, 3.63) is 68.4 Å². The highest BCUT2D eigenvalue weighted by Crippen LogP contribution is 2.27. The molecule has 140 valence electrons. The second-order valence-electron chi connectivity index (χ2n) is 5.46. The van der Waals surface area contributed by atoms with Crippen molar-refractivity contribution in [2.75, 3.05) is 13.3 Å². The highest BCUT2D eigenvalue weighted by Gasteiger charge is 2.16. The molecule has 0 spiro atoms. The lowest BCUT2D eigenvalue weighted by Gasteiger charge is -2.27. The number of halogens is 5. The minimum absolute atomic E-state index is 0. The molecule has 0 radical (unpaired) electrons. The van der Waals surface area contributed by atoms with Crippen LogP contribution >= 0.6 is 63.5 Å². The molecule has 2 aromatic carbocycles. The molecule has 0 saturated carbocycles. The molecule has 0 atom stereocenters. The molecule has 0 aliphatic carbocycles. The Morgan fingerprint density at radius 2 is 1.65 bits per heavy atom. The third-order valence-electron chi connectivity index (χ3n) is 3.73. The first-order chi connectivity index (χ1) is 12.0. The monoisotopic (exact) mass is 497 g/mol. The molecule has 2 aromatic rings. The summed E-state index contributed by atoms with van der Waals surface area (Å²) >= 11 is 19.9. The summed E-state index contributed by atoms with van der Waals surface area (Å²) in [5.41, 5.74) is 1.38. The molecule has 1 heterocycles. The largest absolute Gasteiger partial charge is 0.352 e. The van der Waals surface area contributed by atoms with Gasteiger partial charge in [-0.15, -0.1) is 17.0 Å². The zero-order valence-electron chi connectivity index (χ0n) is 13.5. The van der Waals surface area contributed by atoms with E-state index in [4.69, 9.17) is 34.8 Å². The topological polar surface area (TPSA) is 27.6 Å². The average Bonchev–Trinajstić information content (AvgIpc) is 2.59. The smallest absolute Gasteiger partial charge is 0.159 e. The Kier molecular flexibility index (Phi) is 8.51. The van der Waals surface area contributed by atoms with Crippen LogP contribution in [0.15, 0.2) is 41.4 Å². The number of benzene rings is 2. The minimum Gasteiger partial charge on any atom is -0.352 e. The van der Waals surface area contributed by atoms with E-state index in [9.17, 15) is 4.39 Å². The zero-order chi connectivity index (χ0) is 17.8. The van der Waals surface area contributed by atoms with Gasteiger partial charge in [0.2, 0.25) is 0 Å². The molecule has 9 heteroatoms. The van der Waals surface area contributed by atoms with Crippen LogP contribution in [0.4, 0.5) is 4.39 Å². The Balaban J connectivity index is 0.00000243. The molecule has 3 nitrogen and oxygen atoms in total. The van der Waals surface area contributed by atoms with E-state index in [0.29, 0.717) is 46.3 Å². The van der Waals surface area contributed by atoms with Crippen molar-refractivity contribution in [2.45, 2.75) is 12.3 Å². The number of amidine groups is 1. The van der Waals surface area contributed by atoms with E-state index < -0.39 is 0 Å². The van der Waals surface area contributed by atoms with Crippen LogP contribution in [0.1, 0.15) is 11.1 Å². The minimum atomic E-state index is -0.300. The third-order valence-corrected chi connectivity index (χ3v) is 5.77. The van der Waals surface area contributed by atoms with Crippen LogP contribution in [0.25, 0.3) is 0 Å². The molecule has 1 N–H and O–H groups in total. The fourth-order valence-corrected chi connectivity index (χ4v) is 4.09. The van der Waals surface area contributed by atoms with Gasteiger partial charge in [0.1, 0.15) is 5.82 Å². The molecule has 0 unspecified atom stereocenters. The molecule has 0 amide bonds. The molecule has 0 bridgehead atoms. The van der Waals surface area contributed by atoms with E-state index in [1.165, 1.54) is 17.8 Å². The summed E-state index contributed by atoms with van der Waals surface area (Å²) in [6, 6.07) is 10.2. The first kappa shape index (κ1) is 21.8. The summed E-state index contributed by atoms with van der Waals surface area (Å²) in [7, 11) is 0. The maximum atomic E-state index is 13.8. The van der Waals surface area contributed by atoms with Gasteiger partial charge < -0.3 is 5.32 Å². The van der Waals surface area contributed by atoms with E-state index in [1.54, 1.807) is 12.1 Å². The standard InChI is InChI=1S/C17H15Cl3FN3S.BrH/c18-13-3-1-4-14(19)11(13)7-24-9-22-17(23-10-24)25-8-12-15(20)5-2-6-16(12)21;/h1-6H,7-10H2,(H,22,23);1H. The van der Waals surface area contributed by atoms with Crippen LogP contribution in [0.3, 0.4) is 0 Å². The lowest BCUT2D eigenvalue weighted by molar-refractivity contribution is 0.258. The summed E-state index contributed by atoms with van der Waals surface area (Å²) in [4.78, 5) is 6.56. The van der Waals surface area contributed by atoms with Gasteiger partial charge in [-0.25, -0.2) is 9.38 Å². The molecule has 3 rings (SSSR count). The maximum absolute atomic E-state index is 13.8. The zero-order valence-corrected chi connectivity index (χ0v) is 18.3. The first-order valence-electron chi connectivity index (χ1n) is 7.54. The van der Waals surface area contributed by atoms with E-state index in [1.807, 2.05) is 18.2 Å². The van der Waals surface area contributed by atoms with Crippen molar-refractivity contribution in [3.8, 4) is 0 Å². The number of nitrogens with one attached hydrogen (secondary N) is 1. The van der Waals surface area contributed by atoms with E-state index in [2.05, 4.69) is 15.2 Å². The number of hydrogen-bond donors (Lipinski definition) is 1. The van der Waals surface area contributed by atoms with Gasteiger partial charge >= 0.3 is 0 Å². The van der Waals surface area contributed by atoms with Crippen LogP contribution in [-0.4, -0.2) is 23.4 Å². The Bertz CT molecular complexity index is 766. The third kappa shape index (κ3) is 5.50. The Morgan fingerprint density at radius 3 is 2.23 bits per heavy atom. The lowest BCUT2D eigenvalue weighted by Crippen LogP contribution is -2.41. The Morgan fingerprint density at radius 1 is 1.04 bits per heavy atom. The van der Waals surface area contributed by atoms with Crippen molar-refractivity contribution in [1.29, 1.82) is 0 Å². The van der Waals surface area contributed by atoms with Gasteiger partial charge in [0, 0.05) is 38.5 Å². The SMILES string of the molecule is Br.Fc1cccc(Cl)c1CSC1=NCN(Cc2c(Cl)cccc2Cl)CN1. The van der Waals surface area contributed by atoms with Crippen molar-refractivity contribution < 1.29 is 4.39 Å². The maximum Gasteiger partial charge on any atom is 0.159 e. The van der Waals surface area contributed by atoms with Gasteiger partial charge in [-0.2, -0.15) is 0 Å². The molecule has 1 aliphatic heterocycles. The fraction of sp³-hybridized carbons (Fsp3) is 0.235. The summed E-state index contributed by atoms with van der Waals surface area (Å²) in [5, 5.41) is 5.71. The molecule has 0 saturated heterocycles. The summed E-state index contributed by atoms with van der Waals surface area (Å²) in [5.74, 6) is 0.125. The second-order valence-corrected chi connectivity index (χ2v) is 7.64. The van der Waals surface area contributed by atoms with Gasteiger partial charge in [-0.3, -0.25) is 4.90 Å². The van der Waals surface area contributed by atoms with E-state index in [0.717, 1.165) is 10.7 Å². The van der Waals surface area contributed by atoms with Gasteiger partial charge in [0.25, 0.3) is 0 Å². The predicted molar refractivity (Wildman–Crippen MR) is 115 cm³/mol. The summed E-state index contributed by atoms with van der Waals surface area (Å²) in [6.45, 7) is 1.73. The molecular weight excluding hydrogens is 484 g/mol. The van der Waals surface area contributed by atoms with Gasteiger partial charge in [0.05, 0.1) is 13.3 Å². The number of hydrogen-bond acceptors (Lipinski definition) is 4. The quantitative estimate of drug-likeness (QED) is 0.561. The lowest BCUT2D eigenvalue weighted by atomic mass is 10.2. The number of thioether (sulfide) groups is 1. The highest BCUT2D eigenvalue weighted by atomic mass is 79.9. The number of nitrogens with zero attached hydrogens (tertiary/aromatic N) is 2. The average molecular weight is 500 g/mol. The van der Waals surface area contributed by atoms with Crippen molar-refractivity contribution in [2.24, 2.45) is 4.99 Å². The van der Waals surface area contributed by atoms with Crippen LogP contribution in [0.2, 0.25) is 15.1 Å². The molecular formula is C17H16BrCl3FN3S. The number of rotatable bonds is 4. The first-order valence-corrected chi connectivity index (χ1v) is 9.66. The van der Waals surface area contributed by atoms with Crippen molar-refractivity contribution in [1.82, 2.24) is 10.2 Å². The van der Waals surface area contributed by atoms with Gasteiger partial charge in [-0.1, -0.05) is 58.7 Å². The van der Waals surface area contributed by atoms with Crippen LogP contribution in [-0.2, 0) is 12.3 Å².